The molecule has 2 aliphatic carbocycles. The first-order chi connectivity index (χ1) is 16.0. The predicted octanol–water partition coefficient (Wildman–Crippen LogP) is 9.39. The molecule has 34 heavy (non-hydrogen) atoms. The van der Waals surface area contributed by atoms with Crippen molar-refractivity contribution in [3.05, 3.63) is 117 Å². The predicted molar refractivity (Wildman–Crippen MR) is 148 cm³/mol. The average Bonchev–Trinajstić information content (AvgIpc) is 3.24. The highest BCUT2D eigenvalue weighted by Crippen LogP contribution is 2.63. The number of hydrogen-bond acceptors (Lipinski definition) is 0. The van der Waals surface area contributed by atoms with Gasteiger partial charge in [-0.2, -0.15) is 0 Å². The maximum Gasteiger partial charge on any atom is 0.0726 e. The minimum absolute atomic E-state index is 0.0831. The molecule has 0 bridgehead atoms. The molecule has 1 spiro atoms. The van der Waals surface area contributed by atoms with Gasteiger partial charge in [0.1, 0.15) is 0 Å². The van der Waals surface area contributed by atoms with E-state index in [1.54, 1.807) is 0 Å². The molecule has 4 aromatic carbocycles. The summed E-state index contributed by atoms with van der Waals surface area (Å²) < 4.78 is 1.13. The van der Waals surface area contributed by atoms with E-state index >= 15 is 0 Å². The van der Waals surface area contributed by atoms with Crippen molar-refractivity contribution >= 4 is 15.9 Å². The largest absolute Gasteiger partial charge is 0.0726 e. The molecule has 0 N–H and O–H groups in total. The van der Waals surface area contributed by atoms with Crippen LogP contribution in [0.1, 0.15) is 74.9 Å². The van der Waals surface area contributed by atoms with Gasteiger partial charge in [0.25, 0.3) is 0 Å². The van der Waals surface area contributed by atoms with Crippen LogP contribution in [0.3, 0.4) is 0 Å². The van der Waals surface area contributed by atoms with Crippen molar-refractivity contribution in [3.63, 3.8) is 0 Å². The Morgan fingerprint density at radius 3 is 1.47 bits per heavy atom. The highest BCUT2D eigenvalue weighted by molar-refractivity contribution is 9.10. The van der Waals surface area contributed by atoms with Gasteiger partial charge < -0.3 is 0 Å². The Hall–Kier alpha value is -2.64. The van der Waals surface area contributed by atoms with E-state index in [1.807, 2.05) is 0 Å². The van der Waals surface area contributed by atoms with Crippen LogP contribution in [0.4, 0.5) is 0 Å². The first kappa shape index (κ1) is 21.9. The molecular formula is C33H31Br. The summed E-state index contributed by atoms with van der Waals surface area (Å²) in [6.45, 7) is 13.9. The lowest BCUT2D eigenvalue weighted by Gasteiger charge is -2.32. The molecule has 0 heterocycles. The molecular weight excluding hydrogens is 476 g/mol. The van der Waals surface area contributed by atoms with Crippen LogP contribution in [0.15, 0.2) is 83.3 Å². The summed E-state index contributed by atoms with van der Waals surface area (Å²) in [6.07, 6.45) is 0. The highest BCUT2D eigenvalue weighted by Gasteiger charge is 2.52. The van der Waals surface area contributed by atoms with E-state index in [1.165, 1.54) is 55.6 Å². The molecule has 4 aromatic rings. The third-order valence-electron chi connectivity index (χ3n) is 7.88. The van der Waals surface area contributed by atoms with Crippen molar-refractivity contribution in [2.24, 2.45) is 0 Å². The molecule has 0 atom stereocenters. The van der Waals surface area contributed by atoms with E-state index in [0.29, 0.717) is 0 Å². The van der Waals surface area contributed by atoms with Gasteiger partial charge in [-0.25, -0.2) is 0 Å². The van der Waals surface area contributed by atoms with Gasteiger partial charge >= 0.3 is 0 Å². The molecule has 0 amide bonds. The van der Waals surface area contributed by atoms with Crippen LogP contribution in [0, 0.1) is 0 Å². The van der Waals surface area contributed by atoms with Crippen LogP contribution in [-0.2, 0) is 16.2 Å². The van der Waals surface area contributed by atoms with E-state index in [9.17, 15) is 0 Å². The minimum atomic E-state index is -0.303. The fourth-order valence-electron chi connectivity index (χ4n) is 6.09. The van der Waals surface area contributed by atoms with Crippen molar-refractivity contribution < 1.29 is 0 Å². The van der Waals surface area contributed by atoms with E-state index in [4.69, 9.17) is 0 Å². The molecule has 0 unspecified atom stereocenters. The normalized spacial score (nSPS) is 15.1. The number of rotatable bonds is 0. The Morgan fingerprint density at radius 1 is 0.500 bits per heavy atom. The lowest BCUT2D eigenvalue weighted by atomic mass is 9.69. The number of fused-ring (bicyclic) bond motifs is 10. The third kappa shape index (κ3) is 2.83. The molecule has 0 nitrogen and oxygen atoms in total. The topological polar surface area (TPSA) is 0 Å². The van der Waals surface area contributed by atoms with Gasteiger partial charge in [0, 0.05) is 4.47 Å². The van der Waals surface area contributed by atoms with Crippen LogP contribution in [0.25, 0.3) is 22.3 Å². The van der Waals surface area contributed by atoms with Crippen LogP contribution in [0.5, 0.6) is 0 Å². The molecule has 0 aromatic heterocycles. The van der Waals surface area contributed by atoms with Crippen LogP contribution in [-0.4, -0.2) is 0 Å². The van der Waals surface area contributed by atoms with E-state index < -0.39 is 0 Å². The molecule has 0 fully saturated rings. The summed E-state index contributed by atoms with van der Waals surface area (Å²) in [4.78, 5) is 0. The van der Waals surface area contributed by atoms with Gasteiger partial charge in [-0.1, -0.05) is 124 Å². The molecule has 0 radical (unpaired) electrons. The lowest BCUT2D eigenvalue weighted by molar-refractivity contribution is 0.586. The summed E-state index contributed by atoms with van der Waals surface area (Å²) in [7, 11) is 0. The van der Waals surface area contributed by atoms with Crippen molar-refractivity contribution in [1.82, 2.24) is 0 Å². The summed E-state index contributed by atoms with van der Waals surface area (Å²) in [5.74, 6) is 0. The van der Waals surface area contributed by atoms with Gasteiger partial charge in [-0.3, -0.25) is 0 Å². The Bertz CT molecular complexity index is 1410. The smallest absolute Gasteiger partial charge is 0.0619 e. The average molecular weight is 508 g/mol. The van der Waals surface area contributed by atoms with Gasteiger partial charge in [-0.15, -0.1) is 0 Å². The Kier molecular flexibility index (Phi) is 4.47. The Morgan fingerprint density at radius 2 is 0.941 bits per heavy atom. The monoisotopic (exact) mass is 506 g/mol. The fraction of sp³-hybridized carbons (Fsp3) is 0.273. The second-order valence-corrected chi connectivity index (χ2v) is 12.9. The van der Waals surface area contributed by atoms with Gasteiger partial charge in [-0.05, 0) is 78.6 Å². The zero-order chi connectivity index (χ0) is 24.0. The second kappa shape index (κ2) is 6.95. The summed E-state index contributed by atoms with van der Waals surface area (Å²) >= 11 is 3.81. The summed E-state index contributed by atoms with van der Waals surface area (Å²) in [5.41, 5.74) is 13.7. The molecule has 1 heteroatoms. The molecule has 6 rings (SSSR count). The molecule has 0 saturated carbocycles. The quantitative estimate of drug-likeness (QED) is 0.192. The maximum atomic E-state index is 3.81. The fourth-order valence-corrected chi connectivity index (χ4v) is 6.45. The van der Waals surface area contributed by atoms with Crippen molar-refractivity contribution in [2.45, 2.75) is 57.8 Å². The SMILES string of the molecule is CC(C)(C)c1ccc2c(c1)C1(c3ccccc3-c3ccc(Br)cc31)c1cc(C(C)(C)C)ccc1-2. The summed E-state index contributed by atoms with van der Waals surface area (Å²) in [6, 6.07) is 30.3. The standard InChI is InChI=1S/C33H31Br/c1-31(2,3)20-11-14-24-25-15-12-21(32(4,5)6)18-29(25)33(28(24)17-20)27-10-8-7-9-23(27)26-16-13-22(34)19-30(26)33/h7-19H,1-6H3. The van der Waals surface area contributed by atoms with Gasteiger partial charge in [0.15, 0.2) is 0 Å². The van der Waals surface area contributed by atoms with E-state index in [0.717, 1.165) is 4.47 Å². The van der Waals surface area contributed by atoms with Crippen LogP contribution < -0.4 is 0 Å². The van der Waals surface area contributed by atoms with E-state index in [2.05, 4.69) is 136 Å². The maximum absolute atomic E-state index is 3.81. The second-order valence-electron chi connectivity index (χ2n) is 12.0. The lowest BCUT2D eigenvalue weighted by Crippen LogP contribution is -2.27. The highest BCUT2D eigenvalue weighted by atomic mass is 79.9. The first-order valence-corrected chi connectivity index (χ1v) is 13.0. The molecule has 170 valence electrons. The van der Waals surface area contributed by atoms with Crippen LogP contribution >= 0.6 is 15.9 Å². The van der Waals surface area contributed by atoms with E-state index in [-0.39, 0.29) is 16.2 Å². The van der Waals surface area contributed by atoms with Gasteiger partial charge in [0.05, 0.1) is 5.41 Å². The zero-order valence-electron chi connectivity index (χ0n) is 20.9. The zero-order valence-corrected chi connectivity index (χ0v) is 22.5. The van der Waals surface area contributed by atoms with Crippen molar-refractivity contribution in [1.29, 1.82) is 0 Å². The van der Waals surface area contributed by atoms with Gasteiger partial charge in [0.2, 0.25) is 0 Å². The van der Waals surface area contributed by atoms with Crippen molar-refractivity contribution in [2.75, 3.05) is 0 Å². The molecule has 0 saturated heterocycles. The Balaban J connectivity index is 1.82. The molecule has 0 aliphatic heterocycles. The van der Waals surface area contributed by atoms with Crippen molar-refractivity contribution in [3.8, 4) is 22.3 Å². The minimum Gasteiger partial charge on any atom is -0.0619 e. The van der Waals surface area contributed by atoms with Crippen LogP contribution in [0.2, 0.25) is 0 Å². The molecule has 2 aliphatic rings. The number of hydrogen-bond donors (Lipinski definition) is 0. The Labute approximate surface area is 212 Å². The number of benzene rings is 4. The third-order valence-corrected chi connectivity index (χ3v) is 8.37. The number of halogens is 1. The first-order valence-electron chi connectivity index (χ1n) is 12.2. The summed E-state index contributed by atoms with van der Waals surface area (Å²) in [5, 5.41) is 0.